The van der Waals surface area contributed by atoms with Crippen molar-refractivity contribution in [2.75, 3.05) is 44.3 Å². The van der Waals surface area contributed by atoms with Crippen molar-refractivity contribution in [1.82, 2.24) is 19.4 Å². The molecule has 23 heavy (non-hydrogen) atoms. The van der Waals surface area contributed by atoms with Crippen LogP contribution in [0.5, 0.6) is 0 Å². The van der Waals surface area contributed by atoms with E-state index in [1.54, 1.807) is 4.31 Å². The Hall–Kier alpha value is -1.12. The van der Waals surface area contributed by atoms with Gasteiger partial charge in [0, 0.05) is 44.7 Å². The van der Waals surface area contributed by atoms with E-state index < -0.39 is 10.0 Å². The third-order valence-corrected chi connectivity index (χ3v) is 6.12. The van der Waals surface area contributed by atoms with E-state index in [0.717, 1.165) is 50.5 Å². The molecular weight excluding hydrogens is 314 g/mol. The fourth-order valence-electron chi connectivity index (χ4n) is 3.46. The summed E-state index contributed by atoms with van der Waals surface area (Å²) in [6, 6.07) is 2.08. The summed E-state index contributed by atoms with van der Waals surface area (Å²) in [6.07, 6.45) is 3.20. The second kappa shape index (κ2) is 6.78. The van der Waals surface area contributed by atoms with E-state index >= 15 is 0 Å². The van der Waals surface area contributed by atoms with Crippen LogP contribution in [-0.2, 0) is 16.6 Å². The fourth-order valence-corrected chi connectivity index (χ4v) is 4.33. The molecule has 3 heterocycles. The molecule has 0 amide bonds. The molecule has 1 atom stereocenters. The normalized spacial score (nSPS) is 23.5. The maximum absolute atomic E-state index is 11.5. The molecule has 0 aliphatic carbocycles. The van der Waals surface area contributed by atoms with Gasteiger partial charge in [0.25, 0.3) is 0 Å². The first-order valence-electron chi connectivity index (χ1n) is 8.36. The van der Waals surface area contributed by atoms with Gasteiger partial charge < -0.3 is 10.6 Å². The Bertz CT molecular complexity index is 634. The Morgan fingerprint density at radius 1 is 1.30 bits per heavy atom. The Balaban J connectivity index is 1.38. The van der Waals surface area contributed by atoms with Gasteiger partial charge in [-0.1, -0.05) is 0 Å². The molecule has 3 rings (SSSR count). The summed E-state index contributed by atoms with van der Waals surface area (Å²) >= 11 is 0. The molecule has 8 heteroatoms. The monoisotopic (exact) mass is 341 g/mol. The van der Waals surface area contributed by atoms with Gasteiger partial charge in [0.05, 0.1) is 11.9 Å². The van der Waals surface area contributed by atoms with Crippen LogP contribution < -0.4 is 10.6 Å². The van der Waals surface area contributed by atoms with Gasteiger partial charge in [0.15, 0.2) is 0 Å². The maximum atomic E-state index is 11.5. The predicted octanol–water partition coefficient (Wildman–Crippen LogP) is 0.494. The zero-order valence-electron chi connectivity index (χ0n) is 14.0. The minimum Gasteiger partial charge on any atom is -0.370 e. The lowest BCUT2D eigenvalue weighted by Crippen LogP contribution is -2.41. The molecule has 2 aliphatic rings. The smallest absolute Gasteiger partial charge is 0.211 e. The van der Waals surface area contributed by atoms with E-state index in [2.05, 4.69) is 26.5 Å². The van der Waals surface area contributed by atoms with Crippen LogP contribution in [0.25, 0.3) is 0 Å². The SMILES string of the molecule is Cc1cc2n(n1)C[C@@H](CNCC1CCN(S(C)(=O)=O)CC1)CN2. The van der Waals surface area contributed by atoms with Crippen LogP contribution in [0.2, 0.25) is 0 Å². The van der Waals surface area contributed by atoms with E-state index in [9.17, 15) is 8.42 Å². The highest BCUT2D eigenvalue weighted by Gasteiger charge is 2.25. The first kappa shape index (κ1) is 16.7. The first-order chi connectivity index (χ1) is 10.9. The molecule has 2 aliphatic heterocycles. The molecule has 1 aromatic heterocycles. The average Bonchev–Trinajstić information content (AvgIpc) is 2.86. The van der Waals surface area contributed by atoms with Gasteiger partial charge >= 0.3 is 0 Å². The number of nitrogens with one attached hydrogen (secondary N) is 2. The lowest BCUT2D eigenvalue weighted by Gasteiger charge is -2.31. The molecule has 2 N–H and O–H groups in total. The van der Waals surface area contributed by atoms with Gasteiger partial charge in [-0.2, -0.15) is 5.10 Å². The molecule has 7 nitrogen and oxygen atoms in total. The molecule has 0 spiro atoms. The van der Waals surface area contributed by atoms with Crippen LogP contribution in [-0.4, -0.2) is 61.5 Å². The number of piperidine rings is 1. The summed E-state index contributed by atoms with van der Waals surface area (Å²) < 4.78 is 26.7. The molecule has 130 valence electrons. The Morgan fingerprint density at radius 2 is 2.00 bits per heavy atom. The minimum absolute atomic E-state index is 0.540. The molecule has 0 aromatic carbocycles. The lowest BCUT2D eigenvalue weighted by atomic mass is 9.98. The van der Waals surface area contributed by atoms with Crippen molar-refractivity contribution in [2.45, 2.75) is 26.3 Å². The molecule has 0 radical (unpaired) electrons. The number of hydrogen-bond donors (Lipinski definition) is 2. The van der Waals surface area contributed by atoms with E-state index in [0.29, 0.717) is 24.9 Å². The summed E-state index contributed by atoms with van der Waals surface area (Å²) in [5.41, 5.74) is 1.05. The standard InChI is InChI=1S/C15H27N5O2S/c1-12-7-15-17-10-14(11-20(15)18-12)9-16-8-13-3-5-19(6-4-13)23(2,21)22/h7,13-14,16-17H,3-6,8-11H2,1-2H3/t14-/m0/s1. The van der Waals surface area contributed by atoms with Gasteiger partial charge in [-0.3, -0.25) is 0 Å². The second-order valence-electron chi connectivity index (χ2n) is 6.86. The van der Waals surface area contributed by atoms with Crippen molar-refractivity contribution in [3.05, 3.63) is 11.8 Å². The van der Waals surface area contributed by atoms with Gasteiger partial charge in [-0.15, -0.1) is 0 Å². The number of anilines is 1. The molecule has 1 fully saturated rings. The van der Waals surface area contributed by atoms with Crippen molar-refractivity contribution in [2.24, 2.45) is 11.8 Å². The van der Waals surface area contributed by atoms with Gasteiger partial charge in [0.2, 0.25) is 10.0 Å². The van der Waals surface area contributed by atoms with Crippen molar-refractivity contribution in [3.8, 4) is 0 Å². The molecule has 0 saturated carbocycles. The second-order valence-corrected chi connectivity index (χ2v) is 8.85. The highest BCUT2D eigenvalue weighted by atomic mass is 32.2. The maximum Gasteiger partial charge on any atom is 0.211 e. The first-order valence-corrected chi connectivity index (χ1v) is 10.2. The summed E-state index contributed by atoms with van der Waals surface area (Å²) in [5.74, 6) is 2.23. The van der Waals surface area contributed by atoms with Crippen molar-refractivity contribution in [3.63, 3.8) is 0 Å². The predicted molar refractivity (Wildman–Crippen MR) is 91.0 cm³/mol. The van der Waals surface area contributed by atoms with Gasteiger partial charge in [-0.25, -0.2) is 17.4 Å². The number of fused-ring (bicyclic) bond motifs is 1. The van der Waals surface area contributed by atoms with Crippen LogP contribution in [0.3, 0.4) is 0 Å². The number of rotatable bonds is 5. The number of aromatic nitrogens is 2. The summed E-state index contributed by atoms with van der Waals surface area (Å²) in [4.78, 5) is 0. The summed E-state index contributed by atoms with van der Waals surface area (Å²) in [7, 11) is -3.02. The van der Waals surface area contributed by atoms with Crippen molar-refractivity contribution < 1.29 is 8.42 Å². The van der Waals surface area contributed by atoms with Crippen molar-refractivity contribution >= 4 is 15.8 Å². The fraction of sp³-hybridized carbons (Fsp3) is 0.800. The third kappa shape index (κ3) is 4.24. The zero-order chi connectivity index (χ0) is 16.4. The van der Waals surface area contributed by atoms with E-state index in [4.69, 9.17) is 0 Å². The van der Waals surface area contributed by atoms with E-state index in [1.165, 1.54) is 6.26 Å². The van der Waals surface area contributed by atoms with Crippen LogP contribution >= 0.6 is 0 Å². The van der Waals surface area contributed by atoms with Crippen molar-refractivity contribution in [1.29, 1.82) is 0 Å². The van der Waals surface area contributed by atoms with Gasteiger partial charge in [-0.05, 0) is 32.2 Å². The molecule has 1 saturated heterocycles. The summed E-state index contributed by atoms with van der Waals surface area (Å²) in [6.45, 7) is 7.21. The zero-order valence-corrected chi connectivity index (χ0v) is 14.8. The number of hydrogen-bond acceptors (Lipinski definition) is 5. The number of nitrogens with zero attached hydrogens (tertiary/aromatic N) is 3. The Morgan fingerprint density at radius 3 is 2.70 bits per heavy atom. The largest absolute Gasteiger partial charge is 0.370 e. The topological polar surface area (TPSA) is 79.3 Å². The third-order valence-electron chi connectivity index (χ3n) is 4.81. The van der Waals surface area contributed by atoms with Crippen LogP contribution in [0.15, 0.2) is 6.07 Å². The van der Waals surface area contributed by atoms with Crippen LogP contribution in [0, 0.1) is 18.8 Å². The lowest BCUT2D eigenvalue weighted by molar-refractivity contribution is 0.263. The Kier molecular flexibility index (Phi) is 4.93. The summed E-state index contributed by atoms with van der Waals surface area (Å²) in [5, 5.41) is 11.5. The van der Waals surface area contributed by atoms with Crippen LogP contribution in [0.4, 0.5) is 5.82 Å². The quantitative estimate of drug-likeness (QED) is 0.815. The highest BCUT2D eigenvalue weighted by Crippen LogP contribution is 2.20. The molecular formula is C15H27N5O2S. The Labute approximate surface area is 138 Å². The molecule has 0 unspecified atom stereocenters. The van der Waals surface area contributed by atoms with E-state index in [1.807, 2.05) is 6.92 Å². The number of aryl methyl sites for hydroxylation is 1. The minimum atomic E-state index is -3.02. The van der Waals surface area contributed by atoms with E-state index in [-0.39, 0.29) is 0 Å². The average molecular weight is 341 g/mol. The van der Waals surface area contributed by atoms with Gasteiger partial charge in [0.1, 0.15) is 5.82 Å². The number of sulfonamides is 1. The molecule has 1 aromatic rings. The molecule has 0 bridgehead atoms. The van der Waals surface area contributed by atoms with Crippen LogP contribution in [0.1, 0.15) is 18.5 Å². The highest BCUT2D eigenvalue weighted by molar-refractivity contribution is 7.88.